The maximum atomic E-state index is 12.0. The molecule has 1 aromatic carbocycles. The van der Waals surface area contributed by atoms with E-state index in [1.54, 1.807) is 12.1 Å². The lowest BCUT2D eigenvalue weighted by Crippen LogP contribution is -2.39. The first kappa shape index (κ1) is 18.9. The molecule has 3 aromatic heterocycles. The van der Waals surface area contributed by atoms with Crippen LogP contribution in [-0.2, 0) is 17.9 Å². The summed E-state index contributed by atoms with van der Waals surface area (Å²) in [6.45, 7) is 2.98. The van der Waals surface area contributed by atoms with Gasteiger partial charge in [0.05, 0.1) is 24.1 Å². The number of aryl methyl sites for hydroxylation is 1. The molecule has 4 rings (SSSR count). The van der Waals surface area contributed by atoms with E-state index in [9.17, 15) is 9.59 Å². The number of rotatable bonds is 6. The molecule has 148 valence electrons. The van der Waals surface area contributed by atoms with E-state index in [2.05, 4.69) is 30.4 Å². The Kier molecular flexibility index (Phi) is 5.43. The Morgan fingerprint density at radius 2 is 2.03 bits per heavy atom. The molecule has 2 N–H and O–H groups in total. The lowest BCUT2D eigenvalue weighted by Gasteiger charge is -2.05. The van der Waals surface area contributed by atoms with Crippen molar-refractivity contribution in [3.63, 3.8) is 0 Å². The first-order valence-corrected chi connectivity index (χ1v) is 9.98. The van der Waals surface area contributed by atoms with Crippen LogP contribution in [-0.4, -0.2) is 37.4 Å². The average Bonchev–Trinajstić information content (AvgIpc) is 3.36. The molecule has 0 atom stereocenters. The number of nitrogens with zero attached hydrogens (tertiary/aromatic N) is 4. The third kappa shape index (κ3) is 4.06. The number of aromatic nitrogens is 4. The van der Waals surface area contributed by atoms with Crippen LogP contribution < -0.4 is 10.6 Å². The van der Waals surface area contributed by atoms with Crippen molar-refractivity contribution in [2.75, 3.05) is 5.75 Å². The second-order valence-electron chi connectivity index (χ2n) is 6.13. The van der Waals surface area contributed by atoms with E-state index >= 15 is 0 Å². The quantitative estimate of drug-likeness (QED) is 0.470. The van der Waals surface area contributed by atoms with Crippen LogP contribution >= 0.6 is 11.8 Å². The summed E-state index contributed by atoms with van der Waals surface area (Å²) in [5.41, 5.74) is 2.50. The molecule has 0 unspecified atom stereocenters. The van der Waals surface area contributed by atoms with Gasteiger partial charge in [0, 0.05) is 11.9 Å². The van der Waals surface area contributed by atoms with Gasteiger partial charge in [0.1, 0.15) is 11.3 Å². The number of amides is 3. The van der Waals surface area contributed by atoms with Crippen LogP contribution in [0, 0.1) is 0 Å². The highest BCUT2D eigenvalue weighted by atomic mass is 32.2. The number of carbonyl (C=O) groups is 2. The van der Waals surface area contributed by atoms with E-state index in [1.807, 2.05) is 31.2 Å². The minimum Gasteiger partial charge on any atom is -0.467 e. The van der Waals surface area contributed by atoms with E-state index in [1.165, 1.54) is 6.26 Å². The summed E-state index contributed by atoms with van der Waals surface area (Å²) in [5, 5.41) is 14.6. The van der Waals surface area contributed by atoms with Crippen LogP contribution in [0.5, 0.6) is 0 Å². The van der Waals surface area contributed by atoms with Crippen molar-refractivity contribution in [3.05, 3.63) is 48.4 Å². The number of thioether (sulfide) groups is 1. The highest BCUT2D eigenvalue weighted by Crippen LogP contribution is 2.26. The third-order valence-electron chi connectivity index (χ3n) is 4.26. The van der Waals surface area contributed by atoms with Gasteiger partial charge in [-0.3, -0.25) is 10.1 Å². The molecule has 0 aliphatic carbocycles. The number of para-hydroxylation sites is 1. The highest BCUT2D eigenvalue weighted by Gasteiger charge is 2.15. The van der Waals surface area contributed by atoms with Crippen molar-refractivity contribution in [3.8, 4) is 0 Å². The second-order valence-corrected chi connectivity index (χ2v) is 7.07. The monoisotopic (exact) mass is 410 g/mol. The van der Waals surface area contributed by atoms with Crippen LogP contribution in [0.3, 0.4) is 0 Å². The predicted octanol–water partition coefficient (Wildman–Crippen LogP) is 2.71. The van der Waals surface area contributed by atoms with Gasteiger partial charge >= 0.3 is 6.03 Å². The predicted molar refractivity (Wildman–Crippen MR) is 108 cm³/mol. The lowest BCUT2D eigenvalue weighted by atomic mass is 10.2. The topological polar surface area (TPSA) is 115 Å². The van der Waals surface area contributed by atoms with Crippen LogP contribution in [0.15, 0.2) is 52.2 Å². The Hall–Kier alpha value is -3.40. The van der Waals surface area contributed by atoms with Gasteiger partial charge in [0.25, 0.3) is 0 Å². The zero-order chi connectivity index (χ0) is 20.2. The molecule has 0 bridgehead atoms. The lowest BCUT2D eigenvalue weighted by molar-refractivity contribution is -0.117. The van der Waals surface area contributed by atoms with E-state index in [0.29, 0.717) is 10.9 Å². The Balaban J connectivity index is 1.39. The van der Waals surface area contributed by atoms with Gasteiger partial charge in [-0.1, -0.05) is 30.0 Å². The van der Waals surface area contributed by atoms with Gasteiger partial charge in [-0.05, 0) is 25.1 Å². The molecule has 4 aromatic rings. The maximum Gasteiger partial charge on any atom is 0.321 e. The molecule has 0 radical (unpaired) electrons. The summed E-state index contributed by atoms with van der Waals surface area (Å²) < 4.78 is 7.17. The molecular formula is C19H18N6O3S. The molecular weight excluding hydrogens is 392 g/mol. The number of furan rings is 1. The Bertz CT molecular complexity index is 1170. The van der Waals surface area contributed by atoms with E-state index in [-0.39, 0.29) is 12.3 Å². The van der Waals surface area contributed by atoms with Gasteiger partial charge in [-0.15, -0.1) is 10.2 Å². The molecule has 3 heterocycles. The van der Waals surface area contributed by atoms with Gasteiger partial charge in [0.2, 0.25) is 11.1 Å². The minimum absolute atomic E-state index is 0.00624. The van der Waals surface area contributed by atoms with E-state index in [0.717, 1.165) is 40.4 Å². The summed E-state index contributed by atoms with van der Waals surface area (Å²) in [6, 6.07) is 10.8. The molecule has 29 heavy (non-hydrogen) atoms. The SMILES string of the molecule is CCn1c2ccccc2c2nnc(SCC(=O)NC(=O)NCc3ccco3)nc21. The van der Waals surface area contributed by atoms with Gasteiger partial charge < -0.3 is 14.3 Å². The fourth-order valence-electron chi connectivity index (χ4n) is 2.99. The molecule has 0 aliphatic rings. The number of hydrogen-bond donors (Lipinski definition) is 2. The second kappa shape index (κ2) is 8.31. The van der Waals surface area contributed by atoms with Crippen molar-refractivity contribution in [2.24, 2.45) is 0 Å². The molecule has 3 amide bonds. The number of nitrogens with one attached hydrogen (secondary N) is 2. The zero-order valence-corrected chi connectivity index (χ0v) is 16.4. The normalized spacial score (nSPS) is 11.1. The maximum absolute atomic E-state index is 12.0. The summed E-state index contributed by atoms with van der Waals surface area (Å²) in [5.74, 6) is 0.140. The molecule has 0 aliphatic heterocycles. The molecule has 9 nitrogen and oxygen atoms in total. The number of fused-ring (bicyclic) bond motifs is 3. The smallest absolute Gasteiger partial charge is 0.321 e. The molecule has 0 saturated carbocycles. The van der Waals surface area contributed by atoms with Crippen molar-refractivity contribution in [2.45, 2.75) is 25.2 Å². The highest BCUT2D eigenvalue weighted by molar-refractivity contribution is 7.99. The molecule has 10 heteroatoms. The average molecular weight is 410 g/mol. The molecule has 0 saturated heterocycles. The Morgan fingerprint density at radius 1 is 1.17 bits per heavy atom. The van der Waals surface area contributed by atoms with Gasteiger partial charge in [0.15, 0.2) is 5.65 Å². The van der Waals surface area contributed by atoms with E-state index < -0.39 is 11.9 Å². The Labute approximate surface area is 169 Å². The first-order chi connectivity index (χ1) is 14.2. The number of carbonyl (C=O) groups excluding carboxylic acids is 2. The molecule has 0 spiro atoms. The number of imide groups is 1. The van der Waals surface area contributed by atoms with Gasteiger partial charge in [-0.2, -0.15) is 0 Å². The number of urea groups is 1. The molecule has 0 fully saturated rings. The third-order valence-corrected chi connectivity index (χ3v) is 5.10. The number of benzene rings is 1. The van der Waals surface area contributed by atoms with Gasteiger partial charge in [-0.25, -0.2) is 9.78 Å². The summed E-state index contributed by atoms with van der Waals surface area (Å²) >= 11 is 1.12. The standard InChI is InChI=1S/C19H18N6O3S/c1-2-25-14-8-4-3-7-13(14)16-17(25)22-19(24-23-16)29-11-15(26)21-18(27)20-10-12-6-5-9-28-12/h3-9H,2,10-11H2,1H3,(H2,20,21,26,27). The summed E-state index contributed by atoms with van der Waals surface area (Å²) in [7, 11) is 0. The van der Waals surface area contributed by atoms with Crippen LogP contribution in [0.25, 0.3) is 22.1 Å². The Morgan fingerprint density at radius 3 is 2.83 bits per heavy atom. The first-order valence-electron chi connectivity index (χ1n) is 9.00. The van der Waals surface area contributed by atoms with Crippen LogP contribution in [0.4, 0.5) is 4.79 Å². The van der Waals surface area contributed by atoms with Crippen molar-refractivity contribution in [1.82, 2.24) is 30.4 Å². The minimum atomic E-state index is -0.590. The van der Waals surface area contributed by atoms with Crippen LogP contribution in [0.2, 0.25) is 0 Å². The summed E-state index contributed by atoms with van der Waals surface area (Å²) in [4.78, 5) is 28.4. The number of hydrogen-bond acceptors (Lipinski definition) is 7. The fraction of sp³-hybridized carbons (Fsp3) is 0.211. The fourth-order valence-corrected chi connectivity index (χ4v) is 3.57. The van der Waals surface area contributed by atoms with Crippen molar-refractivity contribution in [1.29, 1.82) is 0 Å². The van der Waals surface area contributed by atoms with E-state index in [4.69, 9.17) is 4.42 Å². The van der Waals surface area contributed by atoms with Crippen LogP contribution in [0.1, 0.15) is 12.7 Å². The van der Waals surface area contributed by atoms with Crippen molar-refractivity contribution < 1.29 is 14.0 Å². The summed E-state index contributed by atoms with van der Waals surface area (Å²) in [6.07, 6.45) is 1.51. The zero-order valence-electron chi connectivity index (χ0n) is 15.6. The largest absolute Gasteiger partial charge is 0.467 e. The van der Waals surface area contributed by atoms with Crippen molar-refractivity contribution >= 4 is 45.8 Å².